The molecule has 2 heteroatoms. The Morgan fingerprint density at radius 2 is 2.00 bits per heavy atom. The summed E-state index contributed by atoms with van der Waals surface area (Å²) in [6.07, 6.45) is 9.64. The highest BCUT2D eigenvalue weighted by Crippen LogP contribution is 2.29. The second-order valence-electron chi connectivity index (χ2n) is 5.95. The molecule has 2 nitrogen and oxygen atoms in total. The number of benzene rings is 1. The summed E-state index contributed by atoms with van der Waals surface area (Å²) in [6.45, 7) is 3.36. The maximum atomic E-state index is 5.48. The monoisotopic (exact) mass is 275 g/mol. The molecule has 1 unspecified atom stereocenters. The van der Waals surface area contributed by atoms with Gasteiger partial charge in [0.1, 0.15) is 5.75 Å². The van der Waals surface area contributed by atoms with Crippen LogP contribution in [0.3, 0.4) is 0 Å². The van der Waals surface area contributed by atoms with Crippen LogP contribution in [-0.4, -0.2) is 13.7 Å². The SMILES string of the molecule is CCC(NCCCC1CCCC1)c1ccccc1OC. The van der Waals surface area contributed by atoms with E-state index in [2.05, 4.69) is 30.4 Å². The van der Waals surface area contributed by atoms with E-state index in [0.717, 1.165) is 24.6 Å². The Balaban J connectivity index is 1.79. The minimum absolute atomic E-state index is 0.412. The highest BCUT2D eigenvalue weighted by atomic mass is 16.5. The largest absolute Gasteiger partial charge is 0.496 e. The van der Waals surface area contributed by atoms with Crippen molar-refractivity contribution in [3.63, 3.8) is 0 Å². The fourth-order valence-corrected chi connectivity index (χ4v) is 3.39. The summed E-state index contributed by atoms with van der Waals surface area (Å²) in [5.41, 5.74) is 1.29. The smallest absolute Gasteiger partial charge is 0.123 e. The molecular formula is C18H29NO. The van der Waals surface area contributed by atoms with Crippen LogP contribution in [0.2, 0.25) is 0 Å². The van der Waals surface area contributed by atoms with Crippen LogP contribution in [0.15, 0.2) is 24.3 Å². The Morgan fingerprint density at radius 1 is 1.25 bits per heavy atom. The van der Waals surface area contributed by atoms with E-state index in [0.29, 0.717) is 6.04 Å². The van der Waals surface area contributed by atoms with Crippen LogP contribution in [0.5, 0.6) is 5.75 Å². The van der Waals surface area contributed by atoms with Crippen molar-refractivity contribution in [2.45, 2.75) is 57.9 Å². The van der Waals surface area contributed by atoms with Crippen LogP contribution in [0, 0.1) is 5.92 Å². The van der Waals surface area contributed by atoms with Crippen molar-refractivity contribution >= 4 is 0 Å². The van der Waals surface area contributed by atoms with Crippen molar-refractivity contribution < 1.29 is 4.74 Å². The summed E-state index contributed by atoms with van der Waals surface area (Å²) in [7, 11) is 1.76. The van der Waals surface area contributed by atoms with Gasteiger partial charge in [-0.1, -0.05) is 50.8 Å². The number of methoxy groups -OCH3 is 1. The summed E-state index contributed by atoms with van der Waals surface area (Å²) < 4.78 is 5.48. The van der Waals surface area contributed by atoms with Crippen molar-refractivity contribution in [1.82, 2.24) is 5.32 Å². The molecule has 112 valence electrons. The van der Waals surface area contributed by atoms with Crippen LogP contribution in [0.1, 0.15) is 63.5 Å². The van der Waals surface area contributed by atoms with Crippen LogP contribution in [0.4, 0.5) is 0 Å². The zero-order valence-electron chi connectivity index (χ0n) is 13.0. The first kappa shape index (κ1) is 15.4. The fraction of sp³-hybridized carbons (Fsp3) is 0.667. The van der Waals surface area contributed by atoms with Gasteiger partial charge in [0.25, 0.3) is 0 Å². The molecule has 1 aromatic carbocycles. The van der Waals surface area contributed by atoms with Crippen LogP contribution < -0.4 is 10.1 Å². The molecule has 2 rings (SSSR count). The topological polar surface area (TPSA) is 21.3 Å². The number of hydrogen-bond acceptors (Lipinski definition) is 2. The zero-order valence-corrected chi connectivity index (χ0v) is 13.0. The number of nitrogens with one attached hydrogen (secondary N) is 1. The number of rotatable bonds is 8. The zero-order chi connectivity index (χ0) is 14.2. The fourth-order valence-electron chi connectivity index (χ4n) is 3.39. The lowest BCUT2D eigenvalue weighted by Gasteiger charge is -2.20. The summed E-state index contributed by atoms with van der Waals surface area (Å²) in [5.74, 6) is 2.01. The molecule has 1 atom stereocenters. The Kier molecular flexibility index (Phi) is 6.38. The van der Waals surface area contributed by atoms with Crippen LogP contribution >= 0.6 is 0 Å². The first-order valence-electron chi connectivity index (χ1n) is 8.21. The van der Waals surface area contributed by atoms with Gasteiger partial charge in [-0.25, -0.2) is 0 Å². The van der Waals surface area contributed by atoms with Crippen molar-refractivity contribution in [2.75, 3.05) is 13.7 Å². The van der Waals surface area contributed by atoms with Gasteiger partial charge in [-0.15, -0.1) is 0 Å². The summed E-state index contributed by atoms with van der Waals surface area (Å²) >= 11 is 0. The molecule has 0 radical (unpaired) electrons. The molecule has 0 saturated heterocycles. The minimum atomic E-state index is 0.412. The highest BCUT2D eigenvalue weighted by Gasteiger charge is 2.16. The molecule has 0 heterocycles. The molecule has 0 bridgehead atoms. The lowest BCUT2D eigenvalue weighted by Crippen LogP contribution is -2.22. The van der Waals surface area contributed by atoms with E-state index in [4.69, 9.17) is 4.74 Å². The molecule has 1 aliphatic rings. The standard InChI is InChI=1S/C18H29NO/c1-3-17(16-12-6-7-13-18(16)20-2)19-14-8-11-15-9-4-5-10-15/h6-7,12-13,15,17,19H,3-5,8-11,14H2,1-2H3. The van der Waals surface area contributed by atoms with Gasteiger partial charge >= 0.3 is 0 Å². The first-order valence-corrected chi connectivity index (χ1v) is 8.21. The van der Waals surface area contributed by atoms with Gasteiger partial charge in [-0.3, -0.25) is 0 Å². The molecule has 1 N–H and O–H groups in total. The van der Waals surface area contributed by atoms with E-state index in [9.17, 15) is 0 Å². The Bertz CT molecular complexity index is 385. The molecule has 1 fully saturated rings. The second kappa shape index (κ2) is 8.31. The van der Waals surface area contributed by atoms with Gasteiger partial charge in [0, 0.05) is 11.6 Å². The lowest BCUT2D eigenvalue weighted by molar-refractivity contribution is 0.393. The van der Waals surface area contributed by atoms with Crippen molar-refractivity contribution in [3.05, 3.63) is 29.8 Å². The number of hydrogen-bond donors (Lipinski definition) is 1. The van der Waals surface area contributed by atoms with Crippen LogP contribution in [0.25, 0.3) is 0 Å². The first-order chi connectivity index (χ1) is 9.85. The Morgan fingerprint density at radius 3 is 2.70 bits per heavy atom. The quantitative estimate of drug-likeness (QED) is 0.694. The summed E-state index contributed by atoms with van der Waals surface area (Å²) in [5, 5.41) is 3.70. The normalized spacial score (nSPS) is 17.3. The predicted octanol–water partition coefficient (Wildman–Crippen LogP) is 4.71. The lowest BCUT2D eigenvalue weighted by atomic mass is 10.0. The van der Waals surface area contributed by atoms with Gasteiger partial charge in [0.2, 0.25) is 0 Å². The average Bonchev–Trinajstić information content (AvgIpc) is 3.01. The van der Waals surface area contributed by atoms with Gasteiger partial charge in [0.05, 0.1) is 7.11 Å². The van der Waals surface area contributed by atoms with Gasteiger partial charge in [-0.2, -0.15) is 0 Å². The molecule has 0 aromatic heterocycles. The summed E-state index contributed by atoms with van der Waals surface area (Å²) in [6, 6.07) is 8.78. The predicted molar refractivity (Wildman–Crippen MR) is 85.2 cm³/mol. The highest BCUT2D eigenvalue weighted by molar-refractivity contribution is 5.35. The van der Waals surface area contributed by atoms with E-state index in [-0.39, 0.29) is 0 Å². The Hall–Kier alpha value is -1.02. The van der Waals surface area contributed by atoms with Crippen LogP contribution in [-0.2, 0) is 0 Å². The average molecular weight is 275 g/mol. The third-order valence-corrected chi connectivity index (χ3v) is 4.58. The maximum absolute atomic E-state index is 5.48. The van der Waals surface area contributed by atoms with Gasteiger partial charge in [-0.05, 0) is 37.8 Å². The number of para-hydroxylation sites is 1. The molecule has 1 saturated carbocycles. The van der Waals surface area contributed by atoms with Crippen molar-refractivity contribution in [3.8, 4) is 5.75 Å². The summed E-state index contributed by atoms with van der Waals surface area (Å²) in [4.78, 5) is 0. The Labute approximate surface area is 123 Å². The maximum Gasteiger partial charge on any atom is 0.123 e. The third-order valence-electron chi connectivity index (χ3n) is 4.58. The molecular weight excluding hydrogens is 246 g/mol. The third kappa shape index (κ3) is 4.24. The molecule has 0 aliphatic heterocycles. The van der Waals surface area contributed by atoms with E-state index in [1.54, 1.807) is 7.11 Å². The molecule has 0 spiro atoms. The molecule has 0 amide bonds. The van der Waals surface area contributed by atoms with E-state index >= 15 is 0 Å². The minimum Gasteiger partial charge on any atom is -0.496 e. The second-order valence-corrected chi connectivity index (χ2v) is 5.95. The number of ether oxygens (including phenoxy) is 1. The van der Waals surface area contributed by atoms with Gasteiger partial charge in [0.15, 0.2) is 0 Å². The molecule has 1 aromatic rings. The molecule has 1 aliphatic carbocycles. The molecule has 20 heavy (non-hydrogen) atoms. The van der Waals surface area contributed by atoms with Gasteiger partial charge < -0.3 is 10.1 Å². The van der Waals surface area contributed by atoms with E-state index < -0.39 is 0 Å². The van der Waals surface area contributed by atoms with E-state index in [1.807, 2.05) is 6.07 Å². The van der Waals surface area contributed by atoms with E-state index in [1.165, 1.54) is 44.1 Å². The van der Waals surface area contributed by atoms with Crippen molar-refractivity contribution in [1.29, 1.82) is 0 Å². The van der Waals surface area contributed by atoms with Crippen molar-refractivity contribution in [2.24, 2.45) is 5.92 Å².